The van der Waals surface area contributed by atoms with E-state index in [1.54, 1.807) is 14.1 Å². The highest BCUT2D eigenvalue weighted by molar-refractivity contribution is 5.25. The lowest BCUT2D eigenvalue weighted by molar-refractivity contribution is -0.137. The van der Waals surface area contributed by atoms with Gasteiger partial charge in [-0.2, -0.15) is 18.0 Å². The zero-order chi connectivity index (χ0) is 15.5. The normalized spacial score (nSPS) is 13.4. The number of nitrogens with one attached hydrogen (secondary N) is 1. The molecule has 114 valence electrons. The van der Waals surface area contributed by atoms with Gasteiger partial charge in [0.25, 0.3) is 0 Å². The van der Waals surface area contributed by atoms with Crippen molar-refractivity contribution in [1.29, 1.82) is 0 Å². The van der Waals surface area contributed by atoms with Crippen LogP contribution in [0.15, 0.2) is 24.3 Å². The first kappa shape index (κ1) is 15.4. The van der Waals surface area contributed by atoms with E-state index in [4.69, 9.17) is 0 Å². The third-order valence-corrected chi connectivity index (χ3v) is 3.15. The Morgan fingerprint density at radius 3 is 2.33 bits per heavy atom. The maximum atomic E-state index is 12.5. The number of hydrogen-bond acceptors (Lipinski definition) is 4. The highest BCUT2D eigenvalue weighted by Gasteiger charge is 2.30. The molecule has 0 amide bonds. The molecule has 5 nitrogen and oxygen atoms in total. The molecule has 0 fully saturated rings. The second-order valence-electron chi connectivity index (χ2n) is 4.78. The van der Waals surface area contributed by atoms with Crippen LogP contribution in [0, 0.1) is 0 Å². The van der Waals surface area contributed by atoms with Crippen molar-refractivity contribution >= 4 is 0 Å². The zero-order valence-corrected chi connectivity index (χ0v) is 11.7. The van der Waals surface area contributed by atoms with Gasteiger partial charge in [0, 0.05) is 12.5 Å². The van der Waals surface area contributed by atoms with E-state index in [9.17, 15) is 13.2 Å². The van der Waals surface area contributed by atoms with Crippen LogP contribution in [0.5, 0.6) is 0 Å². The summed E-state index contributed by atoms with van der Waals surface area (Å²) < 4.78 is 37.5. The second-order valence-corrected chi connectivity index (χ2v) is 4.78. The molecule has 2 rings (SSSR count). The van der Waals surface area contributed by atoms with Gasteiger partial charge < -0.3 is 5.32 Å². The monoisotopic (exact) mass is 299 g/mol. The third kappa shape index (κ3) is 4.25. The number of aromatic nitrogens is 4. The standard InChI is InChI=1S/C13H16F3N5/c1-17-11(8-12-18-20-21(2)19-12)7-9-3-5-10(6-4-9)13(14,15)16/h3-6,11,17H,7-8H2,1-2H3. The van der Waals surface area contributed by atoms with Gasteiger partial charge in [0.1, 0.15) is 0 Å². The van der Waals surface area contributed by atoms with Gasteiger partial charge in [0.15, 0.2) is 5.82 Å². The fraction of sp³-hybridized carbons (Fsp3) is 0.462. The maximum Gasteiger partial charge on any atom is 0.416 e. The highest BCUT2D eigenvalue weighted by atomic mass is 19.4. The summed E-state index contributed by atoms with van der Waals surface area (Å²) in [7, 11) is 3.48. The maximum absolute atomic E-state index is 12.5. The van der Waals surface area contributed by atoms with E-state index in [-0.39, 0.29) is 6.04 Å². The van der Waals surface area contributed by atoms with Crippen LogP contribution < -0.4 is 5.32 Å². The Bertz CT molecular complexity index is 576. The summed E-state index contributed by atoms with van der Waals surface area (Å²) in [5.41, 5.74) is 0.189. The average Bonchev–Trinajstić information content (AvgIpc) is 2.83. The van der Waals surface area contributed by atoms with Gasteiger partial charge in [-0.3, -0.25) is 0 Å². The van der Waals surface area contributed by atoms with E-state index in [1.165, 1.54) is 16.9 Å². The van der Waals surface area contributed by atoms with Gasteiger partial charge in [-0.1, -0.05) is 12.1 Å². The molecule has 0 bridgehead atoms. The van der Waals surface area contributed by atoms with Crippen molar-refractivity contribution in [1.82, 2.24) is 25.5 Å². The molecule has 8 heteroatoms. The molecule has 21 heavy (non-hydrogen) atoms. The number of halogens is 3. The van der Waals surface area contributed by atoms with Crippen molar-refractivity contribution < 1.29 is 13.2 Å². The number of rotatable bonds is 5. The quantitative estimate of drug-likeness (QED) is 0.911. The van der Waals surface area contributed by atoms with Gasteiger partial charge in [0.2, 0.25) is 0 Å². The van der Waals surface area contributed by atoms with Crippen LogP contribution in [0.4, 0.5) is 13.2 Å². The number of nitrogens with zero attached hydrogens (tertiary/aromatic N) is 4. The van der Waals surface area contributed by atoms with Crippen molar-refractivity contribution in [2.75, 3.05) is 7.05 Å². The average molecular weight is 299 g/mol. The van der Waals surface area contributed by atoms with E-state index >= 15 is 0 Å². The van der Waals surface area contributed by atoms with Crippen LogP contribution >= 0.6 is 0 Å². The SMILES string of the molecule is CNC(Cc1ccc(C(F)(F)F)cc1)Cc1nnn(C)n1. The predicted octanol–water partition coefficient (Wildman–Crippen LogP) is 1.60. The van der Waals surface area contributed by atoms with E-state index in [2.05, 4.69) is 20.7 Å². The second kappa shape index (κ2) is 6.21. The van der Waals surface area contributed by atoms with Crippen molar-refractivity contribution in [3.05, 3.63) is 41.2 Å². The van der Waals surface area contributed by atoms with Crippen molar-refractivity contribution in [3.8, 4) is 0 Å². The minimum atomic E-state index is -4.30. The molecule has 1 N–H and O–H groups in total. The molecule has 1 aromatic carbocycles. The molecule has 0 aliphatic heterocycles. The fourth-order valence-corrected chi connectivity index (χ4v) is 2.02. The minimum absolute atomic E-state index is 0.0333. The Balaban J connectivity index is 2.01. The van der Waals surface area contributed by atoms with E-state index in [0.29, 0.717) is 18.7 Å². The third-order valence-electron chi connectivity index (χ3n) is 3.15. The number of tetrazole rings is 1. The molecule has 1 aromatic heterocycles. The van der Waals surface area contributed by atoms with Gasteiger partial charge in [-0.05, 0) is 36.4 Å². The van der Waals surface area contributed by atoms with Gasteiger partial charge in [-0.25, -0.2) is 0 Å². The number of hydrogen-bond donors (Lipinski definition) is 1. The molecule has 1 heterocycles. The summed E-state index contributed by atoms with van der Waals surface area (Å²) in [6.07, 6.45) is -3.15. The van der Waals surface area contributed by atoms with E-state index in [0.717, 1.165) is 17.7 Å². The van der Waals surface area contributed by atoms with E-state index < -0.39 is 11.7 Å². The number of alkyl halides is 3. The highest BCUT2D eigenvalue weighted by Crippen LogP contribution is 2.29. The molecule has 1 atom stereocenters. The van der Waals surface area contributed by atoms with Crippen molar-refractivity contribution in [2.45, 2.75) is 25.1 Å². The number of aryl methyl sites for hydroxylation is 1. The molecular weight excluding hydrogens is 283 g/mol. The number of benzene rings is 1. The molecule has 0 saturated heterocycles. The summed E-state index contributed by atoms with van der Waals surface area (Å²) in [6, 6.07) is 5.23. The first-order chi connectivity index (χ1) is 9.88. The lowest BCUT2D eigenvalue weighted by Gasteiger charge is -2.15. The first-order valence-electron chi connectivity index (χ1n) is 6.45. The van der Waals surface area contributed by atoms with Gasteiger partial charge in [0.05, 0.1) is 12.6 Å². The van der Waals surface area contributed by atoms with Crippen LogP contribution in [-0.4, -0.2) is 33.3 Å². The summed E-state index contributed by atoms with van der Waals surface area (Å²) in [6.45, 7) is 0. The molecule has 1 unspecified atom stereocenters. The van der Waals surface area contributed by atoms with Crippen molar-refractivity contribution in [3.63, 3.8) is 0 Å². The Kier molecular flexibility index (Phi) is 4.56. The van der Waals surface area contributed by atoms with Crippen LogP contribution in [0.3, 0.4) is 0 Å². The van der Waals surface area contributed by atoms with Crippen LogP contribution in [-0.2, 0) is 26.1 Å². The molecule has 0 radical (unpaired) electrons. The van der Waals surface area contributed by atoms with Crippen LogP contribution in [0.25, 0.3) is 0 Å². The Morgan fingerprint density at radius 1 is 1.19 bits per heavy atom. The van der Waals surface area contributed by atoms with Gasteiger partial charge in [-0.15, -0.1) is 10.2 Å². The van der Waals surface area contributed by atoms with Crippen LogP contribution in [0.2, 0.25) is 0 Å². The summed E-state index contributed by atoms with van der Waals surface area (Å²) in [5, 5.41) is 14.9. The molecule has 0 spiro atoms. The lowest BCUT2D eigenvalue weighted by atomic mass is 10.0. The zero-order valence-electron chi connectivity index (χ0n) is 11.7. The lowest BCUT2D eigenvalue weighted by Crippen LogP contribution is -2.30. The van der Waals surface area contributed by atoms with Gasteiger partial charge >= 0.3 is 6.18 Å². The first-order valence-corrected chi connectivity index (χ1v) is 6.45. The molecule has 0 saturated carbocycles. The Morgan fingerprint density at radius 2 is 1.86 bits per heavy atom. The summed E-state index contributed by atoms with van der Waals surface area (Å²) in [5.74, 6) is 0.601. The number of likely N-dealkylation sites (N-methyl/N-ethyl adjacent to an activating group) is 1. The van der Waals surface area contributed by atoms with Crippen LogP contribution in [0.1, 0.15) is 17.0 Å². The Hall–Kier alpha value is -1.96. The topological polar surface area (TPSA) is 55.6 Å². The smallest absolute Gasteiger partial charge is 0.316 e. The minimum Gasteiger partial charge on any atom is -0.316 e. The summed E-state index contributed by atoms with van der Waals surface area (Å²) >= 11 is 0. The molecule has 0 aliphatic rings. The Labute approximate surface area is 120 Å². The fourth-order valence-electron chi connectivity index (χ4n) is 2.02. The molecular formula is C13H16F3N5. The molecule has 2 aromatic rings. The van der Waals surface area contributed by atoms with Crippen molar-refractivity contribution in [2.24, 2.45) is 7.05 Å². The molecule has 0 aliphatic carbocycles. The summed E-state index contributed by atoms with van der Waals surface area (Å²) in [4.78, 5) is 1.38. The van der Waals surface area contributed by atoms with E-state index in [1.807, 2.05) is 0 Å². The largest absolute Gasteiger partial charge is 0.416 e. The predicted molar refractivity (Wildman–Crippen MR) is 70.5 cm³/mol.